The first-order valence-corrected chi connectivity index (χ1v) is 9.69. The molecule has 0 N–H and O–H groups in total. The molecule has 0 amide bonds. The molecule has 3 aromatic rings. The molecule has 0 radical (unpaired) electrons. The number of methoxy groups -OCH3 is 1. The minimum atomic E-state index is 0.155. The van der Waals surface area contributed by atoms with Gasteiger partial charge in [0.25, 0.3) is 0 Å². The fraction of sp³-hybridized carbons (Fsp3) is 0.333. The number of ketones is 1. The number of rotatable bonds is 7. The third-order valence-electron chi connectivity index (χ3n) is 5.58. The molecule has 2 heterocycles. The zero-order valence-electron chi connectivity index (χ0n) is 17.5. The second-order valence-electron chi connectivity index (χ2n) is 7.36. The van der Waals surface area contributed by atoms with E-state index in [1.54, 1.807) is 7.11 Å². The Balaban J connectivity index is 1.75. The van der Waals surface area contributed by atoms with Gasteiger partial charge in [-0.05, 0) is 57.0 Å². The zero-order valence-corrected chi connectivity index (χ0v) is 17.5. The number of ether oxygens (including phenoxy) is 1. The average molecular weight is 378 g/mol. The van der Waals surface area contributed by atoms with Crippen molar-refractivity contribution in [3.63, 3.8) is 0 Å². The van der Waals surface area contributed by atoms with Crippen LogP contribution in [0.2, 0.25) is 0 Å². The van der Waals surface area contributed by atoms with Gasteiger partial charge in [-0.3, -0.25) is 4.79 Å². The molecule has 0 unspecified atom stereocenters. The van der Waals surface area contributed by atoms with E-state index < -0.39 is 0 Å². The largest absolute Gasteiger partial charge is 0.497 e. The molecule has 4 nitrogen and oxygen atoms in total. The molecule has 3 rings (SSSR count). The van der Waals surface area contributed by atoms with Crippen molar-refractivity contribution in [3.8, 4) is 5.75 Å². The number of hydrogen-bond acceptors (Lipinski definition) is 2. The number of carbonyl (C=O) groups excluding carboxylic acids is 1. The summed E-state index contributed by atoms with van der Waals surface area (Å²) in [7, 11) is 1.68. The van der Waals surface area contributed by atoms with Crippen LogP contribution >= 0.6 is 0 Å². The van der Waals surface area contributed by atoms with Crippen LogP contribution in [0.3, 0.4) is 0 Å². The van der Waals surface area contributed by atoms with Gasteiger partial charge in [0, 0.05) is 42.0 Å². The minimum Gasteiger partial charge on any atom is -0.497 e. The van der Waals surface area contributed by atoms with Gasteiger partial charge in [-0.2, -0.15) is 4.57 Å². The van der Waals surface area contributed by atoms with Gasteiger partial charge >= 0.3 is 0 Å². The quantitative estimate of drug-likeness (QED) is 0.458. The fourth-order valence-electron chi connectivity index (χ4n) is 3.62. The van der Waals surface area contributed by atoms with Crippen LogP contribution in [-0.4, -0.2) is 17.5 Å². The summed E-state index contributed by atoms with van der Waals surface area (Å²) in [5.74, 6) is 1.02. The van der Waals surface area contributed by atoms with Crippen molar-refractivity contribution in [1.82, 2.24) is 4.57 Å². The highest BCUT2D eigenvalue weighted by molar-refractivity contribution is 5.96. The first kappa shape index (κ1) is 19.9. The van der Waals surface area contributed by atoms with Gasteiger partial charge < -0.3 is 9.30 Å². The normalized spacial score (nSPS) is 10.9. The molecule has 0 bridgehead atoms. The van der Waals surface area contributed by atoms with E-state index in [4.69, 9.17) is 4.74 Å². The van der Waals surface area contributed by atoms with Crippen LogP contribution in [0.4, 0.5) is 0 Å². The molecule has 0 aliphatic carbocycles. The lowest BCUT2D eigenvalue weighted by atomic mass is 10.1. The maximum Gasteiger partial charge on any atom is 0.229 e. The zero-order chi connectivity index (χ0) is 20.3. The monoisotopic (exact) mass is 377 g/mol. The Bertz CT molecular complexity index is 985. The Kier molecular flexibility index (Phi) is 5.98. The van der Waals surface area contributed by atoms with Gasteiger partial charge in [-0.15, -0.1) is 0 Å². The summed E-state index contributed by atoms with van der Waals surface area (Å²) in [6, 6.07) is 14.3. The summed E-state index contributed by atoms with van der Waals surface area (Å²) < 4.78 is 9.49. The number of nitrogens with zero attached hydrogens (tertiary/aromatic N) is 2. The Hall–Kier alpha value is -2.88. The molecular weight excluding hydrogens is 348 g/mol. The highest BCUT2D eigenvalue weighted by Gasteiger charge is 2.20. The number of carbonyl (C=O) groups is 1. The average Bonchev–Trinajstić information content (AvgIpc) is 2.98. The maximum atomic E-state index is 13.0. The van der Waals surface area contributed by atoms with Crippen molar-refractivity contribution in [2.24, 2.45) is 0 Å². The van der Waals surface area contributed by atoms with Gasteiger partial charge in [-0.1, -0.05) is 12.1 Å². The minimum absolute atomic E-state index is 0.155. The van der Waals surface area contributed by atoms with E-state index in [2.05, 4.69) is 43.5 Å². The van der Waals surface area contributed by atoms with Crippen LogP contribution in [0.1, 0.15) is 38.6 Å². The highest BCUT2D eigenvalue weighted by atomic mass is 16.5. The molecule has 0 aliphatic rings. The van der Waals surface area contributed by atoms with Crippen LogP contribution < -0.4 is 9.30 Å². The van der Waals surface area contributed by atoms with Crippen LogP contribution in [-0.2, 0) is 19.5 Å². The molecule has 146 valence electrons. The van der Waals surface area contributed by atoms with Crippen molar-refractivity contribution in [1.29, 1.82) is 0 Å². The molecule has 0 spiro atoms. The topological polar surface area (TPSA) is 35.1 Å². The van der Waals surface area contributed by atoms with E-state index in [-0.39, 0.29) is 5.78 Å². The number of benzene rings is 1. The summed E-state index contributed by atoms with van der Waals surface area (Å²) in [5, 5.41) is 0. The highest BCUT2D eigenvalue weighted by Crippen LogP contribution is 2.18. The molecule has 28 heavy (non-hydrogen) atoms. The van der Waals surface area contributed by atoms with E-state index in [9.17, 15) is 4.79 Å². The van der Waals surface area contributed by atoms with Crippen molar-refractivity contribution in [2.45, 2.75) is 47.2 Å². The molecule has 0 aliphatic heterocycles. The molecule has 0 fully saturated rings. The Labute approximate surface area is 167 Å². The van der Waals surface area contributed by atoms with Crippen molar-refractivity contribution in [3.05, 3.63) is 82.4 Å². The van der Waals surface area contributed by atoms with Crippen LogP contribution in [0, 0.1) is 27.7 Å². The summed E-state index contributed by atoms with van der Waals surface area (Å²) in [4.78, 5) is 13.0. The lowest BCUT2D eigenvalue weighted by Gasteiger charge is -2.10. The smallest absolute Gasteiger partial charge is 0.229 e. The molecule has 4 heteroatoms. The lowest BCUT2D eigenvalue weighted by molar-refractivity contribution is -0.689. The molecule has 0 saturated carbocycles. The second-order valence-corrected chi connectivity index (χ2v) is 7.36. The number of hydrogen-bond donors (Lipinski definition) is 0. The van der Waals surface area contributed by atoms with Crippen molar-refractivity contribution >= 4 is 5.78 Å². The Morgan fingerprint density at radius 3 is 2.46 bits per heavy atom. The van der Waals surface area contributed by atoms with Crippen molar-refractivity contribution < 1.29 is 14.1 Å². The molecule has 0 atom stereocenters. The molecule has 1 aromatic carbocycles. The molecule has 2 aromatic heterocycles. The van der Waals surface area contributed by atoms with Gasteiger partial charge in [0.15, 0.2) is 11.9 Å². The number of Topliss-reactive ketones (excluding diaryl/α,β-unsaturated/α-hetero) is 1. The van der Waals surface area contributed by atoms with Gasteiger partial charge in [0.2, 0.25) is 12.3 Å². The first-order valence-electron chi connectivity index (χ1n) is 9.69. The number of aromatic nitrogens is 2. The van der Waals surface area contributed by atoms with Crippen LogP contribution in [0.25, 0.3) is 0 Å². The lowest BCUT2D eigenvalue weighted by Crippen LogP contribution is -2.41. The Morgan fingerprint density at radius 2 is 1.79 bits per heavy atom. The van der Waals surface area contributed by atoms with Gasteiger partial charge in [-0.25, -0.2) is 0 Å². The number of aryl methyl sites for hydroxylation is 3. The molecule has 0 saturated heterocycles. The van der Waals surface area contributed by atoms with E-state index in [1.165, 1.54) is 11.1 Å². The van der Waals surface area contributed by atoms with E-state index in [0.717, 1.165) is 41.4 Å². The van der Waals surface area contributed by atoms with E-state index in [0.29, 0.717) is 6.54 Å². The summed E-state index contributed by atoms with van der Waals surface area (Å²) in [5.41, 5.74) is 6.57. The first-order chi connectivity index (χ1) is 13.4. The standard InChI is InChI=1S/C24H29N2O2/c1-17-7-6-13-25(19(17)3)16-24(27)23-15-18(2)26(20(23)4)14-12-21-8-10-22(28-5)11-9-21/h6-11,13,15H,12,14,16H2,1-5H3/q+1. The van der Waals surface area contributed by atoms with Crippen molar-refractivity contribution in [2.75, 3.05) is 7.11 Å². The summed E-state index contributed by atoms with van der Waals surface area (Å²) >= 11 is 0. The predicted molar refractivity (Wildman–Crippen MR) is 111 cm³/mol. The third-order valence-corrected chi connectivity index (χ3v) is 5.58. The Morgan fingerprint density at radius 1 is 1.07 bits per heavy atom. The van der Waals surface area contributed by atoms with E-state index in [1.807, 2.05) is 42.0 Å². The van der Waals surface area contributed by atoms with Gasteiger partial charge in [0.1, 0.15) is 5.75 Å². The number of pyridine rings is 1. The van der Waals surface area contributed by atoms with E-state index >= 15 is 0 Å². The van der Waals surface area contributed by atoms with Gasteiger partial charge in [0.05, 0.1) is 7.11 Å². The SMILES string of the molecule is COc1ccc(CCn2c(C)cc(C(=O)C[n+]3cccc(C)c3C)c2C)cc1. The fourth-order valence-corrected chi connectivity index (χ4v) is 3.62. The summed E-state index contributed by atoms with van der Waals surface area (Å²) in [6.07, 6.45) is 2.89. The van der Waals surface area contributed by atoms with Crippen LogP contribution in [0.15, 0.2) is 48.7 Å². The predicted octanol–water partition coefficient (Wildman–Crippen LogP) is 4.14. The maximum absolute atomic E-state index is 13.0. The third kappa shape index (κ3) is 4.16. The molecular formula is C24H29N2O2+. The summed E-state index contributed by atoms with van der Waals surface area (Å²) in [6.45, 7) is 9.47. The van der Waals surface area contributed by atoms with Crippen LogP contribution in [0.5, 0.6) is 5.75 Å². The second kappa shape index (κ2) is 8.42.